The Bertz CT molecular complexity index is 374. The smallest absolute Gasteiger partial charge is 0.240 e. The van der Waals surface area contributed by atoms with Crippen LogP contribution in [0, 0.1) is 6.92 Å². The minimum Gasteiger partial charge on any atom is -0.379 e. The minimum atomic E-state index is -0.0873. The quantitative estimate of drug-likeness (QED) is 0.803. The SMILES string of the molecule is Cc1cnc(NC(=O)CN2CCOCC2)nc1. The molecule has 6 heteroatoms. The van der Waals surface area contributed by atoms with E-state index >= 15 is 0 Å². The number of nitrogens with zero attached hydrogens (tertiary/aromatic N) is 3. The third kappa shape index (κ3) is 3.76. The first kappa shape index (κ1) is 11.9. The van der Waals surface area contributed by atoms with Gasteiger partial charge in [-0.05, 0) is 12.5 Å². The van der Waals surface area contributed by atoms with Gasteiger partial charge in [0.2, 0.25) is 11.9 Å². The van der Waals surface area contributed by atoms with Gasteiger partial charge in [0.15, 0.2) is 0 Å². The highest BCUT2D eigenvalue weighted by atomic mass is 16.5. The van der Waals surface area contributed by atoms with Crippen LogP contribution in [0.3, 0.4) is 0 Å². The first-order chi connectivity index (χ1) is 8.24. The highest BCUT2D eigenvalue weighted by Gasteiger charge is 2.14. The van der Waals surface area contributed by atoms with E-state index in [2.05, 4.69) is 15.3 Å². The minimum absolute atomic E-state index is 0.0873. The second-order valence-electron chi connectivity index (χ2n) is 4.02. The summed E-state index contributed by atoms with van der Waals surface area (Å²) in [5.74, 6) is 0.268. The highest BCUT2D eigenvalue weighted by Crippen LogP contribution is 2.00. The molecule has 2 heterocycles. The largest absolute Gasteiger partial charge is 0.379 e. The second-order valence-corrected chi connectivity index (χ2v) is 4.02. The Hall–Kier alpha value is -1.53. The lowest BCUT2D eigenvalue weighted by molar-refractivity contribution is -0.118. The van der Waals surface area contributed by atoms with Crippen molar-refractivity contribution < 1.29 is 9.53 Å². The lowest BCUT2D eigenvalue weighted by Gasteiger charge is -2.25. The van der Waals surface area contributed by atoms with Crippen molar-refractivity contribution in [2.24, 2.45) is 0 Å². The molecule has 1 N–H and O–H groups in total. The van der Waals surface area contributed by atoms with Gasteiger partial charge in [0.05, 0.1) is 19.8 Å². The number of hydrogen-bond donors (Lipinski definition) is 1. The molecule has 0 spiro atoms. The van der Waals surface area contributed by atoms with Crippen LogP contribution in [-0.2, 0) is 9.53 Å². The molecule has 1 aromatic rings. The Morgan fingerprint density at radius 3 is 2.71 bits per heavy atom. The fourth-order valence-corrected chi connectivity index (χ4v) is 1.58. The molecule has 1 fully saturated rings. The summed E-state index contributed by atoms with van der Waals surface area (Å²) in [5, 5.41) is 2.67. The first-order valence-corrected chi connectivity index (χ1v) is 5.62. The van der Waals surface area contributed by atoms with Gasteiger partial charge in [-0.2, -0.15) is 0 Å². The van der Waals surface area contributed by atoms with Crippen molar-refractivity contribution in [3.8, 4) is 0 Å². The molecule has 0 saturated carbocycles. The summed E-state index contributed by atoms with van der Waals surface area (Å²) in [6.07, 6.45) is 3.36. The highest BCUT2D eigenvalue weighted by molar-refractivity contribution is 5.90. The molecule has 0 aliphatic carbocycles. The molecule has 1 amide bonds. The van der Waals surface area contributed by atoms with E-state index < -0.39 is 0 Å². The van der Waals surface area contributed by atoms with Crippen LogP contribution < -0.4 is 5.32 Å². The van der Waals surface area contributed by atoms with Crippen LogP contribution in [0.4, 0.5) is 5.95 Å². The maximum absolute atomic E-state index is 11.7. The zero-order valence-electron chi connectivity index (χ0n) is 9.85. The van der Waals surface area contributed by atoms with E-state index in [0.717, 1.165) is 18.7 Å². The Morgan fingerprint density at radius 1 is 1.41 bits per heavy atom. The van der Waals surface area contributed by atoms with Crippen LogP contribution in [-0.4, -0.2) is 53.6 Å². The summed E-state index contributed by atoms with van der Waals surface area (Å²) < 4.78 is 5.21. The first-order valence-electron chi connectivity index (χ1n) is 5.62. The topological polar surface area (TPSA) is 67.4 Å². The zero-order chi connectivity index (χ0) is 12.1. The lowest BCUT2D eigenvalue weighted by atomic mass is 10.4. The molecule has 0 radical (unpaired) electrons. The van der Waals surface area contributed by atoms with Crippen molar-refractivity contribution in [2.75, 3.05) is 38.2 Å². The molecular weight excluding hydrogens is 220 g/mol. The molecule has 1 aromatic heterocycles. The molecule has 1 aliphatic heterocycles. The molecule has 0 atom stereocenters. The van der Waals surface area contributed by atoms with Crippen LogP contribution >= 0.6 is 0 Å². The van der Waals surface area contributed by atoms with Crippen LogP contribution in [0.1, 0.15) is 5.56 Å². The summed E-state index contributed by atoms with van der Waals surface area (Å²) in [7, 11) is 0. The van der Waals surface area contributed by atoms with E-state index in [9.17, 15) is 4.79 Å². The Balaban J connectivity index is 1.82. The van der Waals surface area contributed by atoms with Gasteiger partial charge < -0.3 is 4.74 Å². The normalized spacial score (nSPS) is 16.8. The zero-order valence-corrected chi connectivity index (χ0v) is 9.85. The van der Waals surface area contributed by atoms with E-state index in [1.54, 1.807) is 12.4 Å². The van der Waals surface area contributed by atoms with E-state index in [1.165, 1.54) is 0 Å². The van der Waals surface area contributed by atoms with Crippen LogP contribution in [0.5, 0.6) is 0 Å². The number of rotatable bonds is 3. The number of morpholine rings is 1. The van der Waals surface area contributed by atoms with Gasteiger partial charge in [-0.3, -0.25) is 15.0 Å². The molecule has 1 saturated heterocycles. The molecule has 0 aromatic carbocycles. The van der Waals surface area contributed by atoms with E-state index in [-0.39, 0.29) is 5.91 Å². The predicted octanol–water partition coefficient (Wildman–Crippen LogP) is 0.0557. The number of carbonyl (C=O) groups is 1. The third-order valence-electron chi connectivity index (χ3n) is 2.50. The number of hydrogen-bond acceptors (Lipinski definition) is 5. The van der Waals surface area contributed by atoms with Crippen molar-refractivity contribution in [1.29, 1.82) is 0 Å². The van der Waals surface area contributed by atoms with Crippen LogP contribution in [0.25, 0.3) is 0 Å². The average Bonchev–Trinajstić information content (AvgIpc) is 2.33. The van der Waals surface area contributed by atoms with Gasteiger partial charge in [0.25, 0.3) is 0 Å². The number of anilines is 1. The fraction of sp³-hybridized carbons (Fsp3) is 0.545. The summed E-state index contributed by atoms with van der Waals surface area (Å²) in [6, 6.07) is 0. The third-order valence-corrected chi connectivity index (χ3v) is 2.50. The molecular formula is C11H16N4O2. The molecule has 2 rings (SSSR count). The van der Waals surface area contributed by atoms with Crippen molar-refractivity contribution in [3.63, 3.8) is 0 Å². The summed E-state index contributed by atoms with van der Waals surface area (Å²) in [6.45, 7) is 5.23. The summed E-state index contributed by atoms with van der Waals surface area (Å²) >= 11 is 0. The van der Waals surface area contributed by atoms with E-state index in [0.29, 0.717) is 25.7 Å². The second kappa shape index (κ2) is 5.70. The molecule has 6 nitrogen and oxygen atoms in total. The number of carbonyl (C=O) groups excluding carboxylic acids is 1. The van der Waals surface area contributed by atoms with Crippen molar-refractivity contribution >= 4 is 11.9 Å². The molecule has 92 valence electrons. The number of aryl methyl sites for hydroxylation is 1. The number of aromatic nitrogens is 2. The van der Waals surface area contributed by atoms with Gasteiger partial charge in [0.1, 0.15) is 0 Å². The monoisotopic (exact) mass is 236 g/mol. The van der Waals surface area contributed by atoms with Crippen LogP contribution in [0.15, 0.2) is 12.4 Å². The van der Waals surface area contributed by atoms with Crippen molar-refractivity contribution in [2.45, 2.75) is 6.92 Å². The number of nitrogens with one attached hydrogen (secondary N) is 1. The molecule has 0 unspecified atom stereocenters. The van der Waals surface area contributed by atoms with Crippen LogP contribution in [0.2, 0.25) is 0 Å². The van der Waals surface area contributed by atoms with Gasteiger partial charge in [-0.1, -0.05) is 0 Å². The molecule has 17 heavy (non-hydrogen) atoms. The Kier molecular flexibility index (Phi) is 4.00. The fourth-order valence-electron chi connectivity index (χ4n) is 1.58. The van der Waals surface area contributed by atoms with Crippen molar-refractivity contribution in [1.82, 2.24) is 14.9 Å². The maximum atomic E-state index is 11.7. The number of amides is 1. The van der Waals surface area contributed by atoms with E-state index in [4.69, 9.17) is 4.74 Å². The Morgan fingerprint density at radius 2 is 2.06 bits per heavy atom. The molecule has 1 aliphatic rings. The lowest BCUT2D eigenvalue weighted by Crippen LogP contribution is -2.41. The Labute approximate surface area is 100 Å². The predicted molar refractivity (Wildman–Crippen MR) is 62.7 cm³/mol. The summed E-state index contributed by atoms with van der Waals surface area (Å²) in [5.41, 5.74) is 0.969. The molecule has 0 bridgehead atoms. The van der Waals surface area contributed by atoms with Gasteiger partial charge in [-0.15, -0.1) is 0 Å². The summed E-state index contributed by atoms with van der Waals surface area (Å²) in [4.78, 5) is 21.8. The maximum Gasteiger partial charge on any atom is 0.240 e. The standard InChI is InChI=1S/C11H16N4O2/c1-9-6-12-11(13-7-9)14-10(16)8-15-2-4-17-5-3-15/h6-7H,2-5,8H2,1H3,(H,12,13,14,16). The van der Waals surface area contributed by atoms with Gasteiger partial charge in [-0.25, -0.2) is 9.97 Å². The van der Waals surface area contributed by atoms with Gasteiger partial charge in [0, 0.05) is 25.5 Å². The number of ether oxygens (including phenoxy) is 1. The van der Waals surface area contributed by atoms with E-state index in [1.807, 2.05) is 11.8 Å². The van der Waals surface area contributed by atoms with Crippen molar-refractivity contribution in [3.05, 3.63) is 18.0 Å². The van der Waals surface area contributed by atoms with Gasteiger partial charge >= 0.3 is 0 Å². The average molecular weight is 236 g/mol.